The topological polar surface area (TPSA) is 71.1 Å². The molecule has 0 saturated carbocycles. The first kappa shape index (κ1) is 19.2. The molecule has 0 amide bonds. The van der Waals surface area contributed by atoms with Gasteiger partial charge in [0.25, 0.3) is 0 Å². The van der Waals surface area contributed by atoms with Crippen LogP contribution in [0.5, 0.6) is 17.2 Å². The van der Waals surface area contributed by atoms with Gasteiger partial charge >= 0.3 is 5.97 Å². The van der Waals surface area contributed by atoms with E-state index in [1.165, 1.54) is 39.5 Å². The molecule has 2 aromatic rings. The van der Waals surface area contributed by atoms with E-state index in [2.05, 4.69) is 0 Å². The van der Waals surface area contributed by atoms with E-state index < -0.39 is 24.2 Å². The van der Waals surface area contributed by atoms with Gasteiger partial charge in [-0.2, -0.15) is 0 Å². The number of ether oxygens (including phenoxy) is 4. The fourth-order valence-corrected chi connectivity index (χ4v) is 2.29. The number of esters is 1. The minimum absolute atomic E-state index is 0.0856. The first-order valence-corrected chi connectivity index (χ1v) is 7.71. The summed E-state index contributed by atoms with van der Waals surface area (Å²) in [6, 6.07) is 8.91. The van der Waals surface area contributed by atoms with E-state index in [1.54, 1.807) is 18.2 Å². The second-order valence-electron chi connectivity index (χ2n) is 5.30. The van der Waals surface area contributed by atoms with E-state index >= 15 is 0 Å². The van der Waals surface area contributed by atoms with Gasteiger partial charge in [0.15, 0.2) is 18.2 Å². The number of hydrogen-bond acceptors (Lipinski definition) is 6. The Morgan fingerprint density at radius 1 is 0.923 bits per heavy atom. The third kappa shape index (κ3) is 4.72. The third-order valence-corrected chi connectivity index (χ3v) is 3.64. The molecule has 0 saturated heterocycles. The highest BCUT2D eigenvalue weighted by Crippen LogP contribution is 2.24. The predicted octanol–water partition coefficient (Wildman–Crippen LogP) is 2.82. The first-order valence-electron chi connectivity index (χ1n) is 7.71. The van der Waals surface area contributed by atoms with Crippen LogP contribution in [0, 0.1) is 5.82 Å². The van der Waals surface area contributed by atoms with Gasteiger partial charge in [-0.25, -0.2) is 4.39 Å². The molecule has 0 atom stereocenters. The summed E-state index contributed by atoms with van der Waals surface area (Å²) in [7, 11) is 4.26. The van der Waals surface area contributed by atoms with E-state index in [0.29, 0.717) is 17.1 Å². The largest absolute Gasteiger partial charge is 0.497 e. The summed E-state index contributed by atoms with van der Waals surface area (Å²) in [6.07, 6.45) is -0.163. The summed E-state index contributed by atoms with van der Waals surface area (Å²) in [4.78, 5) is 24.2. The molecule has 0 heterocycles. The molecule has 0 N–H and O–H groups in total. The molecule has 138 valence electrons. The van der Waals surface area contributed by atoms with Gasteiger partial charge < -0.3 is 18.9 Å². The molecule has 0 radical (unpaired) electrons. The van der Waals surface area contributed by atoms with Crippen molar-refractivity contribution < 1.29 is 32.9 Å². The van der Waals surface area contributed by atoms with Crippen LogP contribution in [0.3, 0.4) is 0 Å². The Morgan fingerprint density at radius 2 is 1.62 bits per heavy atom. The van der Waals surface area contributed by atoms with E-state index in [-0.39, 0.29) is 17.7 Å². The van der Waals surface area contributed by atoms with Crippen molar-refractivity contribution in [3.05, 3.63) is 53.3 Å². The highest BCUT2D eigenvalue weighted by Gasteiger charge is 2.16. The molecule has 0 aliphatic rings. The Balaban J connectivity index is 1.99. The van der Waals surface area contributed by atoms with E-state index in [1.807, 2.05) is 0 Å². The molecule has 7 heteroatoms. The number of Topliss-reactive ketones (excluding diaryl/α,β-unsaturated/α-hetero) is 1. The average molecular weight is 362 g/mol. The number of benzene rings is 2. The van der Waals surface area contributed by atoms with Gasteiger partial charge in [0, 0.05) is 0 Å². The van der Waals surface area contributed by atoms with Crippen LogP contribution < -0.4 is 14.2 Å². The lowest BCUT2D eigenvalue weighted by Crippen LogP contribution is -2.16. The summed E-state index contributed by atoms with van der Waals surface area (Å²) in [5, 5.41) is 0. The second kappa shape index (κ2) is 8.84. The van der Waals surface area contributed by atoms with E-state index in [9.17, 15) is 14.0 Å². The Labute approximate surface area is 150 Å². The van der Waals surface area contributed by atoms with Crippen LogP contribution in [0.15, 0.2) is 36.4 Å². The minimum Gasteiger partial charge on any atom is -0.497 e. The molecular formula is C19H19FO6. The van der Waals surface area contributed by atoms with Crippen LogP contribution in [0.25, 0.3) is 0 Å². The quantitative estimate of drug-likeness (QED) is 0.531. The van der Waals surface area contributed by atoms with Gasteiger partial charge in [-0.15, -0.1) is 0 Å². The van der Waals surface area contributed by atoms with Gasteiger partial charge in [0.1, 0.15) is 11.5 Å². The van der Waals surface area contributed by atoms with Gasteiger partial charge in [-0.05, 0) is 35.9 Å². The zero-order valence-corrected chi connectivity index (χ0v) is 14.7. The molecule has 0 aromatic heterocycles. The Hall–Kier alpha value is -3.09. The van der Waals surface area contributed by atoms with Gasteiger partial charge in [0.2, 0.25) is 5.78 Å². The van der Waals surface area contributed by atoms with Crippen molar-refractivity contribution in [2.24, 2.45) is 0 Å². The van der Waals surface area contributed by atoms with Crippen molar-refractivity contribution in [1.82, 2.24) is 0 Å². The minimum atomic E-state index is -0.648. The van der Waals surface area contributed by atoms with Crippen LogP contribution in [0.4, 0.5) is 4.39 Å². The normalized spacial score (nSPS) is 10.2. The fourth-order valence-electron chi connectivity index (χ4n) is 2.29. The van der Waals surface area contributed by atoms with Crippen LogP contribution in [-0.2, 0) is 16.0 Å². The summed E-state index contributed by atoms with van der Waals surface area (Å²) < 4.78 is 33.7. The van der Waals surface area contributed by atoms with Crippen molar-refractivity contribution >= 4 is 11.8 Å². The standard InChI is InChI=1S/C19H19FO6/c1-23-13-5-7-17(24-2)14(10-13)16(21)11-26-19(22)9-12-4-6-18(25-3)15(20)8-12/h4-8,10H,9,11H2,1-3H3. The van der Waals surface area contributed by atoms with Crippen molar-refractivity contribution in [1.29, 1.82) is 0 Å². The van der Waals surface area contributed by atoms with Crippen molar-refractivity contribution in [2.45, 2.75) is 6.42 Å². The second-order valence-corrected chi connectivity index (χ2v) is 5.30. The molecule has 0 spiro atoms. The number of methoxy groups -OCH3 is 3. The zero-order chi connectivity index (χ0) is 19.1. The first-order chi connectivity index (χ1) is 12.5. The zero-order valence-electron chi connectivity index (χ0n) is 14.7. The molecule has 26 heavy (non-hydrogen) atoms. The number of carbonyl (C=O) groups is 2. The smallest absolute Gasteiger partial charge is 0.310 e. The lowest BCUT2D eigenvalue weighted by atomic mass is 10.1. The summed E-state index contributed by atoms with van der Waals surface area (Å²) >= 11 is 0. The summed E-state index contributed by atoms with van der Waals surface area (Å²) in [5.74, 6) is -0.740. The van der Waals surface area contributed by atoms with Crippen LogP contribution in [-0.4, -0.2) is 39.7 Å². The third-order valence-electron chi connectivity index (χ3n) is 3.64. The molecule has 0 unspecified atom stereocenters. The summed E-state index contributed by atoms with van der Waals surface area (Å²) in [5.41, 5.74) is 0.662. The number of rotatable bonds is 8. The van der Waals surface area contributed by atoms with Crippen molar-refractivity contribution in [3.63, 3.8) is 0 Å². The number of hydrogen-bond donors (Lipinski definition) is 0. The number of halogens is 1. The van der Waals surface area contributed by atoms with E-state index in [0.717, 1.165) is 0 Å². The molecule has 0 bridgehead atoms. The van der Waals surface area contributed by atoms with Gasteiger partial charge in [-0.3, -0.25) is 9.59 Å². The Morgan fingerprint density at radius 3 is 2.23 bits per heavy atom. The molecule has 0 aliphatic heterocycles. The maximum absolute atomic E-state index is 13.6. The Bertz CT molecular complexity index is 803. The van der Waals surface area contributed by atoms with Gasteiger partial charge in [0.05, 0.1) is 33.3 Å². The molecule has 0 aliphatic carbocycles. The van der Waals surface area contributed by atoms with E-state index in [4.69, 9.17) is 18.9 Å². The highest BCUT2D eigenvalue weighted by atomic mass is 19.1. The van der Waals surface area contributed by atoms with Crippen LogP contribution in [0.1, 0.15) is 15.9 Å². The lowest BCUT2D eigenvalue weighted by molar-refractivity contribution is -0.141. The fraction of sp³-hybridized carbons (Fsp3) is 0.263. The van der Waals surface area contributed by atoms with Crippen molar-refractivity contribution in [2.75, 3.05) is 27.9 Å². The molecule has 2 aromatic carbocycles. The summed E-state index contributed by atoms with van der Waals surface area (Å²) in [6.45, 7) is -0.457. The highest BCUT2D eigenvalue weighted by molar-refractivity contribution is 6.00. The average Bonchev–Trinajstić information content (AvgIpc) is 2.65. The maximum atomic E-state index is 13.6. The molecule has 0 fully saturated rings. The molecular weight excluding hydrogens is 343 g/mol. The van der Waals surface area contributed by atoms with Crippen LogP contribution in [0.2, 0.25) is 0 Å². The molecule has 2 rings (SSSR count). The number of ketones is 1. The SMILES string of the molecule is COc1ccc(OC)c(C(=O)COC(=O)Cc2ccc(OC)c(F)c2)c1. The monoisotopic (exact) mass is 362 g/mol. The maximum Gasteiger partial charge on any atom is 0.310 e. The number of carbonyl (C=O) groups excluding carboxylic acids is 2. The van der Waals surface area contributed by atoms with Gasteiger partial charge in [-0.1, -0.05) is 6.07 Å². The predicted molar refractivity (Wildman–Crippen MR) is 91.5 cm³/mol. The molecule has 6 nitrogen and oxygen atoms in total. The Kier molecular flexibility index (Phi) is 6.54. The van der Waals surface area contributed by atoms with Crippen LogP contribution >= 0.6 is 0 Å². The van der Waals surface area contributed by atoms with Crippen molar-refractivity contribution in [3.8, 4) is 17.2 Å². The lowest BCUT2D eigenvalue weighted by Gasteiger charge is -2.10.